The molecule has 0 radical (unpaired) electrons. The van der Waals surface area contributed by atoms with Gasteiger partial charge in [-0.3, -0.25) is 9.89 Å². The highest BCUT2D eigenvalue weighted by Gasteiger charge is 2.21. The molecule has 0 aliphatic heterocycles. The van der Waals surface area contributed by atoms with Crippen molar-refractivity contribution in [3.8, 4) is 0 Å². The number of hydrogen-bond donors (Lipinski definition) is 2. The van der Waals surface area contributed by atoms with Gasteiger partial charge in [-0.2, -0.15) is 0 Å². The number of hydrogen-bond acceptors (Lipinski definition) is 3. The lowest BCUT2D eigenvalue weighted by atomic mass is 9.96. The summed E-state index contributed by atoms with van der Waals surface area (Å²) < 4.78 is 0. The van der Waals surface area contributed by atoms with Crippen LogP contribution in [0.4, 0.5) is 0 Å². The van der Waals surface area contributed by atoms with Crippen LogP contribution in [-0.4, -0.2) is 27.1 Å². The van der Waals surface area contributed by atoms with Crippen molar-refractivity contribution < 1.29 is 4.79 Å². The summed E-state index contributed by atoms with van der Waals surface area (Å²) in [5.74, 6) is 0.763. The van der Waals surface area contributed by atoms with Gasteiger partial charge in [0.05, 0.1) is 0 Å². The van der Waals surface area contributed by atoms with E-state index in [0.717, 1.165) is 18.7 Å². The highest BCUT2D eigenvalue weighted by Crippen LogP contribution is 2.17. The van der Waals surface area contributed by atoms with E-state index in [4.69, 9.17) is 0 Å². The molecule has 1 atom stereocenters. The number of aromatic nitrogens is 3. The van der Waals surface area contributed by atoms with Crippen molar-refractivity contribution in [2.45, 2.75) is 71.8 Å². The number of amides is 1. The Kier molecular flexibility index (Phi) is 5.51. The van der Waals surface area contributed by atoms with Crippen LogP contribution >= 0.6 is 0 Å². The smallest absolute Gasteiger partial charge is 0.291 e. The lowest BCUT2D eigenvalue weighted by molar-refractivity contribution is 0.0927. The van der Waals surface area contributed by atoms with Crippen molar-refractivity contribution in [3.05, 3.63) is 11.6 Å². The lowest BCUT2D eigenvalue weighted by Crippen LogP contribution is -2.33. The number of carbonyl (C=O) groups excluding carboxylic acids is 1. The molecular formula is C14H26N4O. The molecule has 0 aromatic carbocycles. The second-order valence-electron chi connectivity index (χ2n) is 6.13. The number of aromatic amines is 1. The molecular weight excluding hydrogens is 240 g/mol. The molecule has 5 heteroatoms. The molecule has 2 N–H and O–H groups in total. The zero-order valence-corrected chi connectivity index (χ0v) is 12.7. The number of carbonyl (C=O) groups is 1. The average molecular weight is 266 g/mol. The Bertz CT molecular complexity index is 406. The third-order valence-electron chi connectivity index (χ3n) is 3.02. The van der Waals surface area contributed by atoms with Crippen LogP contribution in [0.25, 0.3) is 0 Å². The second kappa shape index (κ2) is 6.68. The van der Waals surface area contributed by atoms with E-state index in [0.29, 0.717) is 0 Å². The molecule has 1 heterocycles. The maximum Gasteiger partial charge on any atom is 0.291 e. The fraction of sp³-hybridized carbons (Fsp3) is 0.786. The highest BCUT2D eigenvalue weighted by atomic mass is 16.2. The molecule has 1 aromatic heterocycles. The fourth-order valence-electron chi connectivity index (χ4n) is 1.76. The van der Waals surface area contributed by atoms with Gasteiger partial charge in [-0.05, 0) is 13.3 Å². The first-order valence-electron chi connectivity index (χ1n) is 7.08. The summed E-state index contributed by atoms with van der Waals surface area (Å²) in [7, 11) is 0. The number of unbranched alkanes of at least 4 members (excludes halogenated alkanes) is 2. The quantitative estimate of drug-likeness (QED) is 0.778. The Morgan fingerprint density at radius 3 is 2.58 bits per heavy atom. The van der Waals surface area contributed by atoms with E-state index in [1.54, 1.807) is 0 Å². The molecule has 0 spiro atoms. The Balaban J connectivity index is 2.51. The molecule has 0 saturated carbocycles. The predicted molar refractivity (Wildman–Crippen MR) is 76.2 cm³/mol. The third-order valence-corrected chi connectivity index (χ3v) is 3.02. The molecule has 1 aromatic rings. The largest absolute Gasteiger partial charge is 0.347 e. The number of H-pyrrole nitrogens is 1. The monoisotopic (exact) mass is 266 g/mol. The topological polar surface area (TPSA) is 70.7 Å². The van der Waals surface area contributed by atoms with E-state index in [1.807, 2.05) is 27.7 Å². The van der Waals surface area contributed by atoms with E-state index < -0.39 is 0 Å². The van der Waals surface area contributed by atoms with Gasteiger partial charge in [-0.25, -0.2) is 4.98 Å². The maximum atomic E-state index is 12.0. The van der Waals surface area contributed by atoms with Gasteiger partial charge in [0.25, 0.3) is 5.91 Å². The molecule has 1 unspecified atom stereocenters. The zero-order valence-electron chi connectivity index (χ0n) is 12.7. The summed E-state index contributed by atoms with van der Waals surface area (Å²) in [4.78, 5) is 16.2. The van der Waals surface area contributed by atoms with Crippen LogP contribution < -0.4 is 5.32 Å². The van der Waals surface area contributed by atoms with Gasteiger partial charge in [0.15, 0.2) is 0 Å². The van der Waals surface area contributed by atoms with Crippen LogP contribution in [0.1, 0.15) is 76.7 Å². The second-order valence-corrected chi connectivity index (χ2v) is 6.13. The molecule has 0 saturated heterocycles. The first-order valence-corrected chi connectivity index (χ1v) is 7.08. The minimum absolute atomic E-state index is 0.127. The summed E-state index contributed by atoms with van der Waals surface area (Å²) in [6.07, 6.45) is 4.53. The molecule has 0 fully saturated rings. The summed E-state index contributed by atoms with van der Waals surface area (Å²) in [6, 6.07) is 0.163. The van der Waals surface area contributed by atoms with Crippen LogP contribution in [0.15, 0.2) is 0 Å². The van der Waals surface area contributed by atoms with Crippen LogP contribution in [0.2, 0.25) is 0 Å². The Labute approximate surface area is 115 Å². The average Bonchev–Trinajstić information content (AvgIpc) is 2.78. The predicted octanol–water partition coefficient (Wildman–Crippen LogP) is 2.80. The third kappa shape index (κ3) is 5.01. The molecule has 0 aliphatic rings. The van der Waals surface area contributed by atoms with Crippen LogP contribution in [0, 0.1) is 0 Å². The van der Waals surface area contributed by atoms with E-state index in [2.05, 4.69) is 27.4 Å². The molecule has 108 valence electrons. The van der Waals surface area contributed by atoms with Gasteiger partial charge < -0.3 is 5.32 Å². The van der Waals surface area contributed by atoms with Crippen LogP contribution in [-0.2, 0) is 5.41 Å². The lowest BCUT2D eigenvalue weighted by Gasteiger charge is -2.13. The molecule has 1 rings (SSSR count). The van der Waals surface area contributed by atoms with Crippen molar-refractivity contribution in [1.82, 2.24) is 20.5 Å². The summed E-state index contributed by atoms with van der Waals surface area (Å²) in [6.45, 7) is 10.3. The molecule has 0 bridgehead atoms. The fourth-order valence-corrected chi connectivity index (χ4v) is 1.76. The van der Waals surface area contributed by atoms with E-state index >= 15 is 0 Å². The number of nitrogens with one attached hydrogen (secondary N) is 2. The summed E-state index contributed by atoms with van der Waals surface area (Å²) >= 11 is 0. The van der Waals surface area contributed by atoms with Gasteiger partial charge in [-0.1, -0.05) is 47.0 Å². The Hall–Kier alpha value is -1.39. The van der Waals surface area contributed by atoms with Gasteiger partial charge in [0, 0.05) is 11.5 Å². The Morgan fingerprint density at radius 1 is 1.37 bits per heavy atom. The van der Waals surface area contributed by atoms with Crippen molar-refractivity contribution >= 4 is 5.91 Å². The summed E-state index contributed by atoms with van der Waals surface area (Å²) in [5.41, 5.74) is -0.127. The summed E-state index contributed by atoms with van der Waals surface area (Å²) in [5, 5.41) is 9.75. The van der Waals surface area contributed by atoms with Crippen molar-refractivity contribution in [2.75, 3.05) is 0 Å². The van der Waals surface area contributed by atoms with E-state index in [9.17, 15) is 4.79 Å². The number of rotatable bonds is 6. The number of nitrogens with zero attached hydrogens (tertiary/aromatic N) is 2. The minimum atomic E-state index is -0.198. The van der Waals surface area contributed by atoms with E-state index in [-0.39, 0.29) is 23.2 Å². The van der Waals surface area contributed by atoms with Gasteiger partial charge in [-0.15, -0.1) is 5.10 Å². The van der Waals surface area contributed by atoms with Gasteiger partial charge in [0.2, 0.25) is 5.82 Å². The normalized spacial score (nSPS) is 13.3. The minimum Gasteiger partial charge on any atom is -0.347 e. The first kappa shape index (κ1) is 15.7. The highest BCUT2D eigenvalue weighted by molar-refractivity contribution is 5.90. The van der Waals surface area contributed by atoms with Gasteiger partial charge in [0.1, 0.15) is 5.82 Å². The van der Waals surface area contributed by atoms with Crippen molar-refractivity contribution in [3.63, 3.8) is 0 Å². The molecule has 5 nitrogen and oxygen atoms in total. The van der Waals surface area contributed by atoms with Crippen LogP contribution in [0.3, 0.4) is 0 Å². The zero-order chi connectivity index (χ0) is 14.5. The van der Waals surface area contributed by atoms with Gasteiger partial charge >= 0.3 is 0 Å². The first-order chi connectivity index (χ1) is 8.84. The van der Waals surface area contributed by atoms with Crippen molar-refractivity contribution in [1.29, 1.82) is 0 Å². The Morgan fingerprint density at radius 2 is 2.05 bits per heavy atom. The molecule has 0 aliphatic carbocycles. The van der Waals surface area contributed by atoms with Crippen LogP contribution in [0.5, 0.6) is 0 Å². The molecule has 19 heavy (non-hydrogen) atoms. The standard InChI is InChI=1S/C14H26N4O/c1-6-7-8-9-10(2)15-12(19)11-16-13(18-17-11)14(3,4)5/h10H,6-9H2,1-5H3,(H,15,19)(H,16,17,18). The van der Waals surface area contributed by atoms with E-state index in [1.165, 1.54) is 12.8 Å². The molecule has 1 amide bonds. The maximum absolute atomic E-state index is 12.0. The van der Waals surface area contributed by atoms with Crippen molar-refractivity contribution in [2.24, 2.45) is 0 Å². The SMILES string of the molecule is CCCCCC(C)NC(=O)c1n[nH]c(C(C)(C)C)n1.